The van der Waals surface area contributed by atoms with Crippen LogP contribution in [0.2, 0.25) is 0 Å². The van der Waals surface area contributed by atoms with Gasteiger partial charge in [-0.2, -0.15) is 0 Å². The van der Waals surface area contributed by atoms with Gasteiger partial charge in [0.25, 0.3) is 0 Å². The van der Waals surface area contributed by atoms with Crippen LogP contribution in [-0.4, -0.2) is 30.4 Å². The zero-order valence-corrected chi connectivity index (χ0v) is 8.23. The molecule has 6 heteroatoms. The zero-order valence-electron chi connectivity index (χ0n) is 8.23. The van der Waals surface area contributed by atoms with Crippen molar-refractivity contribution >= 4 is 6.03 Å². The Morgan fingerprint density at radius 3 is 3.27 bits per heavy atom. The van der Waals surface area contributed by atoms with Gasteiger partial charge >= 0.3 is 6.03 Å². The molecule has 0 radical (unpaired) electrons. The number of aromatic nitrogens is 1. The van der Waals surface area contributed by atoms with Gasteiger partial charge in [0, 0.05) is 12.7 Å². The Morgan fingerprint density at radius 2 is 2.60 bits per heavy atom. The molecule has 1 aromatic rings. The number of carbonyl (C=O) groups excluding carboxylic acids is 1. The van der Waals surface area contributed by atoms with Gasteiger partial charge in [-0.3, -0.25) is 0 Å². The van der Waals surface area contributed by atoms with E-state index in [1.165, 1.54) is 6.26 Å². The van der Waals surface area contributed by atoms with Gasteiger partial charge < -0.3 is 19.9 Å². The molecular weight excluding hydrogens is 198 g/mol. The summed E-state index contributed by atoms with van der Waals surface area (Å²) in [7, 11) is 0. The van der Waals surface area contributed by atoms with E-state index >= 15 is 0 Å². The summed E-state index contributed by atoms with van der Waals surface area (Å²) in [6, 6.07) is 1.63. The minimum atomic E-state index is -0.200. The number of carbonyl (C=O) groups is 1. The molecule has 2 amide bonds. The molecule has 1 fully saturated rings. The number of nitrogens with one attached hydrogen (secondary N) is 2. The monoisotopic (exact) mass is 211 g/mol. The third kappa shape index (κ3) is 2.95. The van der Waals surface area contributed by atoms with E-state index < -0.39 is 0 Å². The van der Waals surface area contributed by atoms with Gasteiger partial charge in [0.15, 0.2) is 0 Å². The fraction of sp³-hybridized carbons (Fsp3) is 0.556. The van der Waals surface area contributed by atoms with Crippen molar-refractivity contribution in [3.05, 3.63) is 18.0 Å². The highest BCUT2D eigenvalue weighted by molar-refractivity contribution is 5.74. The van der Waals surface area contributed by atoms with Crippen LogP contribution in [0.15, 0.2) is 16.9 Å². The van der Waals surface area contributed by atoms with E-state index in [1.807, 2.05) is 0 Å². The largest absolute Gasteiger partial charge is 0.379 e. The molecule has 2 rings (SSSR count). The number of amides is 2. The quantitative estimate of drug-likeness (QED) is 0.752. The predicted octanol–water partition coefficient (Wildman–Crippen LogP) is 0.263. The summed E-state index contributed by atoms with van der Waals surface area (Å²) in [6.45, 7) is 1.68. The third-order valence-corrected chi connectivity index (χ3v) is 2.19. The van der Waals surface area contributed by atoms with Gasteiger partial charge in [-0.1, -0.05) is 5.16 Å². The van der Waals surface area contributed by atoms with Gasteiger partial charge in [0.1, 0.15) is 12.0 Å². The summed E-state index contributed by atoms with van der Waals surface area (Å²) in [4.78, 5) is 11.4. The lowest BCUT2D eigenvalue weighted by Crippen LogP contribution is -2.42. The van der Waals surface area contributed by atoms with Gasteiger partial charge in [0.2, 0.25) is 0 Å². The van der Waals surface area contributed by atoms with E-state index in [1.54, 1.807) is 6.07 Å². The molecule has 6 nitrogen and oxygen atoms in total. The van der Waals surface area contributed by atoms with E-state index in [9.17, 15) is 4.79 Å². The average Bonchev–Trinajstić information content (AvgIpc) is 2.86. The van der Waals surface area contributed by atoms with Crippen molar-refractivity contribution in [2.75, 3.05) is 13.2 Å². The van der Waals surface area contributed by atoms with Crippen molar-refractivity contribution in [3.63, 3.8) is 0 Å². The first-order valence-electron chi connectivity index (χ1n) is 4.86. The number of hydrogen-bond donors (Lipinski definition) is 2. The molecule has 1 saturated heterocycles. The van der Waals surface area contributed by atoms with Crippen LogP contribution in [0, 0.1) is 0 Å². The second-order valence-corrected chi connectivity index (χ2v) is 3.38. The first-order valence-corrected chi connectivity index (χ1v) is 4.86. The Labute approximate surface area is 87.0 Å². The number of hydrogen-bond acceptors (Lipinski definition) is 4. The lowest BCUT2D eigenvalue weighted by atomic mass is 10.3. The fourth-order valence-corrected chi connectivity index (χ4v) is 1.38. The van der Waals surface area contributed by atoms with Crippen LogP contribution in [0.4, 0.5) is 4.79 Å². The Morgan fingerprint density at radius 1 is 1.67 bits per heavy atom. The maximum Gasteiger partial charge on any atom is 0.315 e. The molecule has 1 aliphatic heterocycles. The van der Waals surface area contributed by atoms with Crippen LogP contribution in [0.3, 0.4) is 0 Å². The lowest BCUT2D eigenvalue weighted by Gasteiger charge is -2.10. The zero-order chi connectivity index (χ0) is 10.5. The summed E-state index contributed by atoms with van der Waals surface area (Å²) >= 11 is 0. The molecule has 15 heavy (non-hydrogen) atoms. The van der Waals surface area contributed by atoms with Gasteiger partial charge in [-0.15, -0.1) is 0 Å². The topological polar surface area (TPSA) is 76.4 Å². The molecule has 0 aromatic carbocycles. The highest BCUT2D eigenvalue weighted by atomic mass is 16.5. The Balaban J connectivity index is 1.68. The van der Waals surface area contributed by atoms with Crippen molar-refractivity contribution in [3.8, 4) is 0 Å². The number of nitrogens with zero attached hydrogens (tertiary/aromatic N) is 1. The average molecular weight is 211 g/mol. The lowest BCUT2D eigenvalue weighted by molar-refractivity contribution is 0.188. The molecular formula is C9H13N3O3. The molecule has 0 saturated carbocycles. The molecule has 0 spiro atoms. The minimum Gasteiger partial charge on any atom is -0.379 e. The SMILES string of the molecule is O=C(NCc1ccon1)NC1CCOC1. The van der Waals surface area contributed by atoms with Crippen LogP contribution < -0.4 is 10.6 Å². The number of urea groups is 1. The van der Waals surface area contributed by atoms with Gasteiger partial charge in [-0.25, -0.2) is 4.79 Å². The molecule has 0 bridgehead atoms. The van der Waals surface area contributed by atoms with E-state index in [-0.39, 0.29) is 12.1 Å². The molecule has 1 unspecified atom stereocenters. The van der Waals surface area contributed by atoms with Gasteiger partial charge in [-0.05, 0) is 6.42 Å². The molecule has 2 N–H and O–H groups in total. The summed E-state index contributed by atoms with van der Waals surface area (Å²) in [5.74, 6) is 0. The van der Waals surface area contributed by atoms with E-state index in [0.29, 0.717) is 25.5 Å². The van der Waals surface area contributed by atoms with Crippen LogP contribution in [-0.2, 0) is 11.3 Å². The molecule has 82 valence electrons. The van der Waals surface area contributed by atoms with Crippen molar-refractivity contribution in [1.29, 1.82) is 0 Å². The first kappa shape index (κ1) is 9.97. The smallest absolute Gasteiger partial charge is 0.315 e. The number of ether oxygens (including phenoxy) is 1. The summed E-state index contributed by atoms with van der Waals surface area (Å²) in [6.07, 6.45) is 2.34. The summed E-state index contributed by atoms with van der Waals surface area (Å²) in [5.41, 5.74) is 0.702. The third-order valence-electron chi connectivity index (χ3n) is 2.19. The van der Waals surface area contributed by atoms with Crippen molar-refractivity contribution in [1.82, 2.24) is 15.8 Å². The Kier molecular flexibility index (Phi) is 3.18. The normalized spacial score (nSPS) is 20.1. The standard InChI is InChI=1S/C9H13N3O3/c13-9(11-8-1-3-14-6-8)10-5-7-2-4-15-12-7/h2,4,8H,1,3,5-6H2,(H2,10,11,13). The van der Waals surface area contributed by atoms with Gasteiger partial charge in [0.05, 0.1) is 19.2 Å². The first-order chi connectivity index (χ1) is 7.34. The highest BCUT2D eigenvalue weighted by Gasteiger charge is 2.17. The molecule has 2 heterocycles. The van der Waals surface area contributed by atoms with Crippen molar-refractivity contribution in [2.24, 2.45) is 0 Å². The van der Waals surface area contributed by atoms with Crippen LogP contribution >= 0.6 is 0 Å². The van der Waals surface area contributed by atoms with Crippen molar-refractivity contribution in [2.45, 2.75) is 19.0 Å². The predicted molar refractivity (Wildman–Crippen MR) is 51.1 cm³/mol. The van der Waals surface area contributed by atoms with Crippen LogP contribution in [0.1, 0.15) is 12.1 Å². The van der Waals surface area contributed by atoms with E-state index in [2.05, 4.69) is 20.3 Å². The maximum absolute atomic E-state index is 11.4. The Hall–Kier alpha value is -1.56. The second-order valence-electron chi connectivity index (χ2n) is 3.38. The molecule has 1 atom stereocenters. The molecule has 1 aromatic heterocycles. The van der Waals surface area contributed by atoms with Crippen LogP contribution in [0.5, 0.6) is 0 Å². The summed E-state index contributed by atoms with van der Waals surface area (Å²) in [5, 5.41) is 9.17. The highest BCUT2D eigenvalue weighted by Crippen LogP contribution is 2.02. The second kappa shape index (κ2) is 4.79. The minimum absolute atomic E-state index is 0.127. The van der Waals surface area contributed by atoms with Crippen LogP contribution in [0.25, 0.3) is 0 Å². The van der Waals surface area contributed by atoms with E-state index in [4.69, 9.17) is 4.74 Å². The molecule has 0 aliphatic carbocycles. The number of rotatable bonds is 3. The molecule has 1 aliphatic rings. The van der Waals surface area contributed by atoms with Crippen molar-refractivity contribution < 1.29 is 14.1 Å². The van der Waals surface area contributed by atoms with E-state index in [0.717, 1.165) is 6.42 Å². The Bertz CT molecular complexity index is 306. The maximum atomic E-state index is 11.4. The fourth-order valence-electron chi connectivity index (χ4n) is 1.38. The summed E-state index contributed by atoms with van der Waals surface area (Å²) < 4.78 is 9.78.